The van der Waals surface area contributed by atoms with Gasteiger partial charge in [0.05, 0.1) is 5.69 Å². The lowest BCUT2D eigenvalue weighted by Gasteiger charge is -2.28. The molecular formula is C52H35NO. The van der Waals surface area contributed by atoms with Gasteiger partial charge in [0.15, 0.2) is 5.75 Å². The van der Waals surface area contributed by atoms with Gasteiger partial charge < -0.3 is 9.64 Å². The van der Waals surface area contributed by atoms with Crippen LogP contribution in [0.3, 0.4) is 0 Å². The molecule has 2 heteroatoms. The Kier molecular flexibility index (Phi) is 7.85. The van der Waals surface area contributed by atoms with Crippen molar-refractivity contribution in [2.24, 2.45) is 0 Å². The van der Waals surface area contributed by atoms with Crippen molar-refractivity contribution in [2.45, 2.75) is 0 Å². The van der Waals surface area contributed by atoms with Crippen molar-refractivity contribution < 1.29 is 4.74 Å². The number of ether oxygens (including phenoxy) is 1. The topological polar surface area (TPSA) is 12.5 Å². The van der Waals surface area contributed by atoms with Crippen LogP contribution in [0.5, 0.6) is 11.5 Å². The number of para-hydroxylation sites is 1. The maximum Gasteiger partial charge on any atom is 0.159 e. The molecule has 0 saturated carbocycles. The fraction of sp³-hybridized carbons (Fsp3) is 0. The zero-order chi connectivity index (χ0) is 35.8. The van der Waals surface area contributed by atoms with Gasteiger partial charge in [-0.15, -0.1) is 0 Å². The molecule has 0 saturated heterocycles. The SMILES string of the molecule is c1ccc(-c2ccc(N(c3ccc(-c4ccccc4)cc3)c3cccc4c3Oc3cc5ccccc5cc3-c3c(-c5ccccc5)cccc3-4)cc2)cc1. The Balaban J connectivity index is 1.20. The molecule has 0 aliphatic carbocycles. The summed E-state index contributed by atoms with van der Waals surface area (Å²) in [5.74, 6) is 1.65. The van der Waals surface area contributed by atoms with Crippen LogP contribution in [-0.2, 0) is 0 Å². The summed E-state index contributed by atoms with van der Waals surface area (Å²) in [6.07, 6.45) is 0. The summed E-state index contributed by atoms with van der Waals surface area (Å²) < 4.78 is 7.28. The second-order valence-electron chi connectivity index (χ2n) is 13.7. The lowest BCUT2D eigenvalue weighted by molar-refractivity contribution is 0.489. The van der Waals surface area contributed by atoms with Crippen LogP contribution in [-0.4, -0.2) is 0 Å². The summed E-state index contributed by atoms with van der Waals surface area (Å²) >= 11 is 0. The first-order valence-corrected chi connectivity index (χ1v) is 18.4. The van der Waals surface area contributed by atoms with Crippen molar-refractivity contribution in [3.05, 3.63) is 212 Å². The molecule has 1 aliphatic heterocycles. The Labute approximate surface area is 315 Å². The van der Waals surface area contributed by atoms with Crippen LogP contribution in [0.4, 0.5) is 17.1 Å². The highest BCUT2D eigenvalue weighted by atomic mass is 16.5. The number of hydrogen-bond acceptors (Lipinski definition) is 2. The second kappa shape index (κ2) is 13.4. The molecule has 9 aromatic carbocycles. The maximum atomic E-state index is 7.28. The van der Waals surface area contributed by atoms with Gasteiger partial charge >= 0.3 is 0 Å². The van der Waals surface area contributed by atoms with Crippen molar-refractivity contribution in [2.75, 3.05) is 4.90 Å². The number of nitrogens with zero attached hydrogens (tertiary/aromatic N) is 1. The highest BCUT2D eigenvalue weighted by Gasteiger charge is 2.28. The van der Waals surface area contributed by atoms with Gasteiger partial charge in [-0.1, -0.05) is 170 Å². The molecule has 0 bridgehead atoms. The first-order chi connectivity index (χ1) is 26.8. The summed E-state index contributed by atoms with van der Waals surface area (Å²) in [4.78, 5) is 2.33. The van der Waals surface area contributed by atoms with E-state index in [9.17, 15) is 0 Å². The van der Waals surface area contributed by atoms with Gasteiger partial charge in [0.2, 0.25) is 0 Å². The summed E-state index contributed by atoms with van der Waals surface area (Å²) in [6, 6.07) is 75.7. The molecule has 0 radical (unpaired) electrons. The van der Waals surface area contributed by atoms with E-state index >= 15 is 0 Å². The van der Waals surface area contributed by atoms with Crippen molar-refractivity contribution in [1.82, 2.24) is 0 Å². The zero-order valence-electron chi connectivity index (χ0n) is 29.6. The van der Waals surface area contributed by atoms with E-state index in [-0.39, 0.29) is 0 Å². The van der Waals surface area contributed by atoms with E-state index in [1.54, 1.807) is 0 Å². The molecule has 254 valence electrons. The van der Waals surface area contributed by atoms with Crippen molar-refractivity contribution in [3.8, 4) is 67.1 Å². The molecular weight excluding hydrogens is 655 g/mol. The fourth-order valence-electron chi connectivity index (χ4n) is 7.85. The number of benzene rings is 9. The third-order valence-electron chi connectivity index (χ3n) is 10.5. The maximum absolute atomic E-state index is 7.28. The minimum atomic E-state index is 0.817. The third kappa shape index (κ3) is 5.62. The quantitative estimate of drug-likeness (QED) is 0.172. The van der Waals surface area contributed by atoms with Gasteiger partial charge in [-0.3, -0.25) is 0 Å². The average Bonchev–Trinajstić information content (AvgIpc) is 3.39. The van der Waals surface area contributed by atoms with E-state index in [1.165, 1.54) is 44.3 Å². The van der Waals surface area contributed by atoms with Crippen LogP contribution < -0.4 is 9.64 Å². The predicted octanol–water partition coefficient (Wildman–Crippen LogP) is 14.8. The van der Waals surface area contributed by atoms with Gasteiger partial charge in [-0.05, 0) is 92.2 Å². The molecule has 0 N–H and O–H groups in total. The molecule has 10 rings (SSSR count). The van der Waals surface area contributed by atoms with Crippen LogP contribution in [0.25, 0.3) is 66.4 Å². The van der Waals surface area contributed by atoms with Crippen LogP contribution in [0.1, 0.15) is 0 Å². The molecule has 0 spiro atoms. The molecule has 0 aromatic heterocycles. The normalized spacial score (nSPS) is 11.5. The number of anilines is 3. The van der Waals surface area contributed by atoms with Gasteiger partial charge in [-0.2, -0.15) is 0 Å². The molecule has 0 atom stereocenters. The van der Waals surface area contributed by atoms with Crippen molar-refractivity contribution in [3.63, 3.8) is 0 Å². The van der Waals surface area contributed by atoms with Gasteiger partial charge in [0.1, 0.15) is 5.75 Å². The van der Waals surface area contributed by atoms with Crippen LogP contribution in [0, 0.1) is 0 Å². The first-order valence-electron chi connectivity index (χ1n) is 18.4. The summed E-state index contributed by atoms with van der Waals surface area (Å²) in [6.45, 7) is 0. The summed E-state index contributed by atoms with van der Waals surface area (Å²) in [5.41, 5.74) is 14.6. The van der Waals surface area contributed by atoms with E-state index in [1.807, 2.05) is 0 Å². The van der Waals surface area contributed by atoms with Crippen LogP contribution >= 0.6 is 0 Å². The third-order valence-corrected chi connectivity index (χ3v) is 10.5. The van der Waals surface area contributed by atoms with Gasteiger partial charge in [0, 0.05) is 28.1 Å². The monoisotopic (exact) mass is 689 g/mol. The second-order valence-corrected chi connectivity index (χ2v) is 13.7. The van der Waals surface area contributed by atoms with Crippen molar-refractivity contribution in [1.29, 1.82) is 0 Å². The average molecular weight is 690 g/mol. The Bertz CT molecular complexity index is 2670. The van der Waals surface area contributed by atoms with Gasteiger partial charge in [0.25, 0.3) is 0 Å². The van der Waals surface area contributed by atoms with E-state index in [0.29, 0.717) is 0 Å². The number of fused-ring (bicyclic) bond motifs is 6. The largest absolute Gasteiger partial charge is 0.454 e. The Hall–Kier alpha value is -7.16. The molecule has 1 aliphatic rings. The molecule has 0 fully saturated rings. The van der Waals surface area contributed by atoms with E-state index in [4.69, 9.17) is 4.74 Å². The minimum absolute atomic E-state index is 0.817. The molecule has 0 unspecified atom stereocenters. The lowest BCUT2D eigenvalue weighted by atomic mass is 9.87. The van der Waals surface area contributed by atoms with E-state index in [2.05, 4.69) is 217 Å². The Morgan fingerprint density at radius 2 is 0.778 bits per heavy atom. The zero-order valence-corrected chi connectivity index (χ0v) is 29.6. The lowest BCUT2D eigenvalue weighted by Crippen LogP contribution is -2.11. The first kappa shape index (κ1) is 31.6. The fourth-order valence-corrected chi connectivity index (χ4v) is 7.85. The Morgan fingerprint density at radius 1 is 0.315 bits per heavy atom. The minimum Gasteiger partial charge on any atom is -0.454 e. The highest BCUT2D eigenvalue weighted by molar-refractivity contribution is 6.04. The van der Waals surface area contributed by atoms with E-state index < -0.39 is 0 Å². The van der Waals surface area contributed by atoms with Crippen molar-refractivity contribution >= 4 is 27.8 Å². The Morgan fingerprint density at radius 3 is 1.37 bits per heavy atom. The van der Waals surface area contributed by atoms with Gasteiger partial charge in [-0.25, -0.2) is 0 Å². The van der Waals surface area contributed by atoms with Crippen LogP contribution in [0.15, 0.2) is 212 Å². The molecule has 0 amide bonds. The standard InChI is InChI=1S/C52H35NO/c1-4-14-36(15-5-1)38-26-30-43(31-27-38)53(44-32-28-39(29-33-44)37-16-6-2-7-17-37)49-25-13-24-47-46-23-12-22-45(40-18-8-3-9-19-40)51(46)48-34-41-20-10-11-21-42(41)35-50(48)54-52(47)49/h1-35H. The smallest absolute Gasteiger partial charge is 0.159 e. The molecule has 9 aromatic rings. The molecule has 54 heavy (non-hydrogen) atoms. The molecule has 2 nitrogen and oxygen atoms in total. The summed E-state index contributed by atoms with van der Waals surface area (Å²) in [5, 5.41) is 2.32. The predicted molar refractivity (Wildman–Crippen MR) is 226 cm³/mol. The number of hydrogen-bond donors (Lipinski definition) is 0. The summed E-state index contributed by atoms with van der Waals surface area (Å²) in [7, 11) is 0. The van der Waals surface area contributed by atoms with Crippen LogP contribution in [0.2, 0.25) is 0 Å². The van der Waals surface area contributed by atoms with E-state index in [0.717, 1.165) is 50.6 Å². The number of rotatable bonds is 6. The molecule has 1 heterocycles. The highest BCUT2D eigenvalue weighted by Crippen LogP contribution is 2.55.